The molecule has 0 spiro atoms. The monoisotopic (exact) mass is 162 g/mol. The third-order valence-corrected chi connectivity index (χ3v) is 1.51. The van der Waals surface area contributed by atoms with Gasteiger partial charge in [0.1, 0.15) is 0 Å². The third kappa shape index (κ3) is 3.77. The summed E-state index contributed by atoms with van der Waals surface area (Å²) in [5.41, 5.74) is 0. The van der Waals surface area contributed by atoms with Gasteiger partial charge in [-0.25, -0.2) is 0 Å². The Morgan fingerprint density at radius 1 is 1.70 bits per heavy atom. The van der Waals surface area contributed by atoms with Crippen LogP contribution in [0, 0.1) is 5.92 Å². The molecule has 0 bridgehead atoms. The zero-order valence-corrected chi connectivity index (χ0v) is 7.36. The molecule has 0 amide bonds. The second-order valence-corrected chi connectivity index (χ2v) is 2.61. The highest BCUT2D eigenvalue weighted by Crippen LogP contribution is 2.04. The molecule has 0 aromatic heterocycles. The molecule has 0 N–H and O–H groups in total. The van der Waals surface area contributed by atoms with Crippen molar-refractivity contribution in [2.24, 2.45) is 5.92 Å². The van der Waals surface area contributed by atoms with Gasteiger partial charge in [0.15, 0.2) is 0 Å². The van der Waals surface area contributed by atoms with Crippen molar-refractivity contribution >= 4 is 18.6 Å². The van der Waals surface area contributed by atoms with Crippen LogP contribution in [0.3, 0.4) is 0 Å². The van der Waals surface area contributed by atoms with Crippen LogP contribution in [0.25, 0.3) is 0 Å². The minimum absolute atomic E-state index is 0.00236. The molecular weight excluding hydrogens is 148 g/mol. The number of thiol groups is 1. The Bertz CT molecular complexity index is 104. The van der Waals surface area contributed by atoms with Crippen LogP contribution < -0.4 is 0 Å². The highest BCUT2D eigenvalue weighted by atomic mass is 32.1. The van der Waals surface area contributed by atoms with E-state index < -0.39 is 0 Å². The number of esters is 1. The second kappa shape index (κ2) is 5.59. The topological polar surface area (TPSA) is 26.3 Å². The van der Waals surface area contributed by atoms with Crippen LogP contribution in [0.5, 0.6) is 0 Å². The van der Waals surface area contributed by atoms with E-state index in [4.69, 9.17) is 4.74 Å². The fraction of sp³-hybridized carbons (Fsp3) is 0.857. The Kier molecular flexibility index (Phi) is 5.49. The van der Waals surface area contributed by atoms with Crippen molar-refractivity contribution in [2.45, 2.75) is 20.3 Å². The number of rotatable bonds is 4. The van der Waals surface area contributed by atoms with Crippen LogP contribution in [0.1, 0.15) is 20.3 Å². The van der Waals surface area contributed by atoms with E-state index in [0.717, 1.165) is 12.2 Å². The van der Waals surface area contributed by atoms with Gasteiger partial charge in [0, 0.05) is 0 Å². The molecule has 1 unspecified atom stereocenters. The van der Waals surface area contributed by atoms with E-state index in [1.165, 1.54) is 0 Å². The van der Waals surface area contributed by atoms with Gasteiger partial charge in [0.05, 0.1) is 12.5 Å². The second-order valence-electron chi connectivity index (χ2n) is 2.17. The molecule has 0 aromatic carbocycles. The van der Waals surface area contributed by atoms with Gasteiger partial charge in [-0.05, 0) is 19.1 Å². The van der Waals surface area contributed by atoms with Crippen LogP contribution in [-0.2, 0) is 9.53 Å². The Balaban J connectivity index is 3.49. The summed E-state index contributed by atoms with van der Waals surface area (Å²) >= 11 is 4.01. The van der Waals surface area contributed by atoms with E-state index in [1.54, 1.807) is 0 Å². The lowest BCUT2D eigenvalue weighted by Crippen LogP contribution is -2.14. The van der Waals surface area contributed by atoms with Crippen molar-refractivity contribution in [1.29, 1.82) is 0 Å². The van der Waals surface area contributed by atoms with Gasteiger partial charge in [0.2, 0.25) is 0 Å². The normalized spacial score (nSPS) is 12.7. The predicted octanol–water partition coefficient (Wildman–Crippen LogP) is 1.51. The number of carbonyl (C=O) groups is 1. The van der Waals surface area contributed by atoms with E-state index in [9.17, 15) is 4.79 Å². The maximum atomic E-state index is 10.9. The van der Waals surface area contributed by atoms with Gasteiger partial charge in [-0.2, -0.15) is 12.6 Å². The van der Waals surface area contributed by atoms with E-state index in [1.807, 2.05) is 13.8 Å². The van der Waals surface area contributed by atoms with Gasteiger partial charge in [-0.1, -0.05) is 6.92 Å². The molecule has 0 rings (SSSR count). The molecule has 0 fully saturated rings. The van der Waals surface area contributed by atoms with E-state index >= 15 is 0 Å². The molecule has 1 atom stereocenters. The van der Waals surface area contributed by atoms with Crippen LogP contribution >= 0.6 is 12.6 Å². The van der Waals surface area contributed by atoms with Crippen LogP contribution in [0.2, 0.25) is 0 Å². The maximum absolute atomic E-state index is 10.9. The maximum Gasteiger partial charge on any atom is 0.308 e. The molecule has 0 radical (unpaired) electrons. The highest BCUT2D eigenvalue weighted by molar-refractivity contribution is 7.80. The minimum Gasteiger partial charge on any atom is -0.466 e. The van der Waals surface area contributed by atoms with Gasteiger partial charge < -0.3 is 4.74 Å². The quantitative estimate of drug-likeness (QED) is 0.501. The first kappa shape index (κ1) is 9.82. The molecular formula is C7H14O2S. The fourth-order valence-corrected chi connectivity index (χ4v) is 0.983. The summed E-state index contributed by atoms with van der Waals surface area (Å²) in [4.78, 5) is 10.9. The zero-order chi connectivity index (χ0) is 7.98. The molecule has 2 nitrogen and oxygen atoms in total. The average Bonchev–Trinajstić information content (AvgIpc) is 1.89. The molecule has 0 saturated heterocycles. The largest absolute Gasteiger partial charge is 0.466 e. The Morgan fingerprint density at radius 3 is 2.70 bits per heavy atom. The molecule has 60 valence electrons. The molecule has 10 heavy (non-hydrogen) atoms. The molecule has 0 aliphatic heterocycles. The van der Waals surface area contributed by atoms with Gasteiger partial charge >= 0.3 is 5.97 Å². The van der Waals surface area contributed by atoms with E-state index in [-0.39, 0.29) is 11.9 Å². The molecule has 0 aromatic rings. The standard InChI is InChI=1S/C7H14O2S/c1-3-9-7(8)6(2)4-5-10/h6,10H,3-5H2,1-2H3. The highest BCUT2D eigenvalue weighted by Gasteiger charge is 2.11. The van der Waals surface area contributed by atoms with Crippen molar-refractivity contribution in [3.8, 4) is 0 Å². The van der Waals surface area contributed by atoms with Crippen LogP contribution in [-0.4, -0.2) is 18.3 Å². The van der Waals surface area contributed by atoms with E-state index in [0.29, 0.717) is 6.61 Å². The van der Waals surface area contributed by atoms with Crippen molar-refractivity contribution < 1.29 is 9.53 Å². The Labute approximate surface area is 67.4 Å². The Hall–Kier alpha value is -0.180. The zero-order valence-electron chi connectivity index (χ0n) is 6.46. The number of carbonyl (C=O) groups excluding carboxylic acids is 1. The first-order chi connectivity index (χ1) is 4.72. The Morgan fingerprint density at radius 2 is 2.30 bits per heavy atom. The fourth-order valence-electron chi connectivity index (χ4n) is 0.596. The average molecular weight is 162 g/mol. The number of ether oxygens (including phenoxy) is 1. The van der Waals surface area contributed by atoms with Crippen molar-refractivity contribution in [3.05, 3.63) is 0 Å². The summed E-state index contributed by atoms with van der Waals surface area (Å²) in [5.74, 6) is 0.619. The van der Waals surface area contributed by atoms with Crippen LogP contribution in [0.15, 0.2) is 0 Å². The lowest BCUT2D eigenvalue weighted by atomic mass is 10.1. The van der Waals surface area contributed by atoms with Gasteiger partial charge in [-0.15, -0.1) is 0 Å². The number of hydrogen-bond acceptors (Lipinski definition) is 3. The molecule has 0 aliphatic rings. The number of hydrogen-bond donors (Lipinski definition) is 1. The van der Waals surface area contributed by atoms with Gasteiger partial charge in [-0.3, -0.25) is 4.79 Å². The lowest BCUT2D eigenvalue weighted by molar-refractivity contribution is -0.147. The third-order valence-electron chi connectivity index (χ3n) is 1.25. The summed E-state index contributed by atoms with van der Waals surface area (Å²) in [7, 11) is 0. The summed E-state index contributed by atoms with van der Waals surface area (Å²) in [6.07, 6.45) is 0.794. The van der Waals surface area contributed by atoms with Crippen molar-refractivity contribution in [1.82, 2.24) is 0 Å². The van der Waals surface area contributed by atoms with Crippen molar-refractivity contribution in [3.63, 3.8) is 0 Å². The van der Waals surface area contributed by atoms with Crippen molar-refractivity contribution in [2.75, 3.05) is 12.4 Å². The summed E-state index contributed by atoms with van der Waals surface area (Å²) in [6.45, 7) is 4.13. The summed E-state index contributed by atoms with van der Waals surface area (Å²) in [6, 6.07) is 0. The first-order valence-corrected chi connectivity index (χ1v) is 4.13. The molecule has 0 heterocycles. The molecule has 0 aliphatic carbocycles. The molecule has 0 saturated carbocycles. The first-order valence-electron chi connectivity index (χ1n) is 3.49. The predicted molar refractivity (Wildman–Crippen MR) is 44.3 cm³/mol. The van der Waals surface area contributed by atoms with Crippen LogP contribution in [0.4, 0.5) is 0 Å². The molecule has 3 heteroatoms. The smallest absolute Gasteiger partial charge is 0.308 e. The lowest BCUT2D eigenvalue weighted by Gasteiger charge is -2.07. The SMILES string of the molecule is CCOC(=O)C(C)CCS. The summed E-state index contributed by atoms with van der Waals surface area (Å²) < 4.78 is 4.78. The van der Waals surface area contributed by atoms with E-state index in [2.05, 4.69) is 12.6 Å². The minimum atomic E-state index is -0.114. The summed E-state index contributed by atoms with van der Waals surface area (Å²) in [5, 5.41) is 0. The van der Waals surface area contributed by atoms with Gasteiger partial charge in [0.25, 0.3) is 0 Å².